The maximum Gasteiger partial charge on any atom is 0.00806 e. The molecule has 0 spiro atoms. The molecule has 0 saturated heterocycles. The summed E-state index contributed by atoms with van der Waals surface area (Å²) in [6, 6.07) is 0. The second-order valence-corrected chi connectivity index (χ2v) is 9.42. The van der Waals surface area contributed by atoms with Crippen LogP contribution in [0.25, 0.3) is 0 Å². The van der Waals surface area contributed by atoms with E-state index in [4.69, 9.17) is 0 Å². The predicted molar refractivity (Wildman–Crippen MR) is 160 cm³/mol. The minimum Gasteiger partial charge on any atom is -0.103 e. The highest BCUT2D eigenvalue weighted by atomic mass is 14.3. The molecule has 1 radical (unpaired) electrons. The molecule has 0 unspecified atom stereocenters. The van der Waals surface area contributed by atoms with Gasteiger partial charge in [0, 0.05) is 6.42 Å². The molecule has 0 amide bonds. The minimum absolute atomic E-state index is 0.846. The molecule has 3 rings (SSSR count). The first-order valence-electron chi connectivity index (χ1n) is 13.8. The maximum absolute atomic E-state index is 4.23. The van der Waals surface area contributed by atoms with Crippen molar-refractivity contribution < 1.29 is 0 Å². The van der Waals surface area contributed by atoms with Crippen LogP contribution in [-0.2, 0) is 0 Å². The van der Waals surface area contributed by atoms with E-state index in [1.807, 2.05) is 19.1 Å². The van der Waals surface area contributed by atoms with Crippen molar-refractivity contribution in [3.63, 3.8) is 0 Å². The molecule has 0 heteroatoms. The Labute approximate surface area is 215 Å². The lowest BCUT2D eigenvalue weighted by atomic mass is 9.77. The molecule has 34 heavy (non-hydrogen) atoms. The molecule has 0 aliphatic heterocycles. The van der Waals surface area contributed by atoms with Crippen LogP contribution >= 0.6 is 0 Å². The van der Waals surface area contributed by atoms with Crippen LogP contribution in [0.4, 0.5) is 0 Å². The van der Waals surface area contributed by atoms with Gasteiger partial charge in [0.2, 0.25) is 0 Å². The normalized spacial score (nSPS) is 15.5. The lowest BCUT2D eigenvalue weighted by molar-refractivity contribution is 0.363. The number of hydrogen-bond donors (Lipinski definition) is 0. The van der Waals surface area contributed by atoms with Crippen LogP contribution in [0.2, 0.25) is 0 Å². The van der Waals surface area contributed by atoms with Crippen molar-refractivity contribution in [3.8, 4) is 0 Å². The third kappa shape index (κ3) is 19.6. The molecule has 1 saturated carbocycles. The molecule has 0 nitrogen and oxygen atoms in total. The number of unbranched alkanes of at least 4 members (excludes halogenated alkanes) is 2. The smallest absolute Gasteiger partial charge is 0.00806 e. The Morgan fingerprint density at radius 2 is 1.59 bits per heavy atom. The summed E-state index contributed by atoms with van der Waals surface area (Å²) >= 11 is 0. The molecule has 3 aliphatic rings. The van der Waals surface area contributed by atoms with Gasteiger partial charge in [-0.3, -0.25) is 0 Å². The van der Waals surface area contributed by atoms with Gasteiger partial charge in [-0.05, 0) is 83.3 Å². The van der Waals surface area contributed by atoms with Crippen LogP contribution in [0.3, 0.4) is 0 Å². The van der Waals surface area contributed by atoms with Crippen LogP contribution in [-0.4, -0.2) is 0 Å². The molecule has 1 fully saturated rings. The summed E-state index contributed by atoms with van der Waals surface area (Å²) in [5.74, 6) is 0.846. The predicted octanol–water partition coefficient (Wildman–Crippen LogP) is 11.9. The molecule has 0 aromatic rings. The second kappa shape index (κ2) is 24.3. The number of hydrogen-bond acceptors (Lipinski definition) is 0. The first kappa shape index (κ1) is 34.3. The summed E-state index contributed by atoms with van der Waals surface area (Å²) in [5, 5.41) is 0. The van der Waals surface area contributed by atoms with Gasteiger partial charge in [0.05, 0.1) is 0 Å². The van der Waals surface area contributed by atoms with Gasteiger partial charge in [0.1, 0.15) is 0 Å². The Kier molecular flexibility index (Phi) is 24.6. The van der Waals surface area contributed by atoms with Crippen molar-refractivity contribution >= 4 is 0 Å². The van der Waals surface area contributed by atoms with Crippen LogP contribution in [0.5, 0.6) is 0 Å². The van der Waals surface area contributed by atoms with E-state index in [9.17, 15) is 0 Å². The summed E-state index contributed by atoms with van der Waals surface area (Å²) in [4.78, 5) is 0. The largest absolute Gasteiger partial charge is 0.103 e. The zero-order valence-electron chi connectivity index (χ0n) is 24.2. The van der Waals surface area contributed by atoms with Crippen LogP contribution in [0, 0.1) is 12.3 Å². The van der Waals surface area contributed by atoms with E-state index in [1.165, 1.54) is 80.1 Å². The molecule has 3 aliphatic carbocycles. The molecular weight excluding hydrogens is 408 g/mol. The van der Waals surface area contributed by atoms with Crippen molar-refractivity contribution in [3.05, 3.63) is 90.0 Å². The van der Waals surface area contributed by atoms with Gasteiger partial charge in [0.25, 0.3) is 0 Å². The SMILES string of the molecule is C/C=C(\C)CC.C=C(CC1=CC(CCCCC)=C1)C1CCC1.C=CC.CC1=CC=C[CH]1.CCC. The lowest BCUT2D eigenvalue weighted by Crippen LogP contribution is -2.14. The Morgan fingerprint density at radius 1 is 1.00 bits per heavy atom. The average Bonchev–Trinajstić information content (AvgIpc) is 3.23. The van der Waals surface area contributed by atoms with Gasteiger partial charge in [-0.15, -0.1) is 6.58 Å². The van der Waals surface area contributed by atoms with Gasteiger partial charge >= 0.3 is 0 Å². The van der Waals surface area contributed by atoms with E-state index >= 15 is 0 Å². The Balaban J connectivity index is 0. The Morgan fingerprint density at radius 3 is 1.88 bits per heavy atom. The summed E-state index contributed by atoms with van der Waals surface area (Å²) in [6.45, 7) is 24.4. The van der Waals surface area contributed by atoms with E-state index in [-0.39, 0.29) is 0 Å². The van der Waals surface area contributed by atoms with E-state index in [2.05, 4.69) is 92.3 Å². The van der Waals surface area contributed by atoms with Crippen molar-refractivity contribution in [2.24, 2.45) is 5.92 Å². The summed E-state index contributed by atoms with van der Waals surface area (Å²) < 4.78 is 0. The van der Waals surface area contributed by atoms with Gasteiger partial charge in [-0.25, -0.2) is 0 Å². The molecule has 0 heterocycles. The Hall–Kier alpha value is -1.82. The number of allylic oxidation sites excluding steroid dienone is 12. The van der Waals surface area contributed by atoms with E-state index in [0.717, 1.165) is 12.3 Å². The zero-order valence-corrected chi connectivity index (χ0v) is 24.2. The summed E-state index contributed by atoms with van der Waals surface area (Å²) in [7, 11) is 0. The van der Waals surface area contributed by atoms with Crippen molar-refractivity contribution in [1.29, 1.82) is 0 Å². The number of rotatable bonds is 8. The highest BCUT2D eigenvalue weighted by molar-refractivity contribution is 5.46. The quantitative estimate of drug-likeness (QED) is 0.247. The van der Waals surface area contributed by atoms with Gasteiger partial charge < -0.3 is 0 Å². The monoisotopic (exact) mass is 465 g/mol. The van der Waals surface area contributed by atoms with E-state index in [0.29, 0.717) is 0 Å². The maximum atomic E-state index is 4.23. The topological polar surface area (TPSA) is 0 Å². The Bertz CT molecular complexity index is 671. The molecule has 193 valence electrons. The van der Waals surface area contributed by atoms with Crippen LogP contribution in [0.15, 0.2) is 83.6 Å². The third-order valence-electron chi connectivity index (χ3n) is 5.80. The second-order valence-electron chi connectivity index (χ2n) is 9.42. The molecule has 0 aromatic heterocycles. The van der Waals surface area contributed by atoms with Gasteiger partial charge in [0.15, 0.2) is 0 Å². The zero-order chi connectivity index (χ0) is 26.2. The van der Waals surface area contributed by atoms with Crippen molar-refractivity contribution in [2.75, 3.05) is 0 Å². The van der Waals surface area contributed by atoms with Gasteiger partial charge in [-0.2, -0.15) is 0 Å². The van der Waals surface area contributed by atoms with E-state index < -0.39 is 0 Å². The fourth-order valence-corrected chi connectivity index (χ4v) is 3.19. The summed E-state index contributed by atoms with van der Waals surface area (Å²) in [6.07, 6.45) is 30.0. The van der Waals surface area contributed by atoms with E-state index in [1.54, 1.807) is 11.6 Å². The molecule has 0 N–H and O–H groups in total. The first-order valence-corrected chi connectivity index (χ1v) is 13.8. The minimum atomic E-state index is 0.846. The first-order chi connectivity index (χ1) is 16.3. The van der Waals surface area contributed by atoms with Crippen molar-refractivity contribution in [1.82, 2.24) is 0 Å². The summed E-state index contributed by atoms with van der Waals surface area (Å²) in [5.41, 5.74) is 7.36. The highest BCUT2D eigenvalue weighted by Gasteiger charge is 2.21. The average molecular weight is 466 g/mol. The molecular formula is C34H57. The van der Waals surface area contributed by atoms with Crippen molar-refractivity contribution in [2.45, 2.75) is 120 Å². The molecule has 0 atom stereocenters. The fraction of sp³-hybridized carbons (Fsp3) is 0.559. The van der Waals surface area contributed by atoms with Crippen LogP contribution < -0.4 is 0 Å². The van der Waals surface area contributed by atoms with Gasteiger partial charge in [-0.1, -0.05) is 119 Å². The molecule has 0 bridgehead atoms. The third-order valence-corrected chi connectivity index (χ3v) is 5.80. The highest BCUT2D eigenvalue weighted by Crippen LogP contribution is 2.37. The molecule has 0 aromatic carbocycles. The lowest BCUT2D eigenvalue weighted by Gasteiger charge is -2.29. The fourth-order valence-electron chi connectivity index (χ4n) is 3.19. The van der Waals surface area contributed by atoms with Crippen LogP contribution in [0.1, 0.15) is 120 Å². The standard InChI is InChI=1S/C16H24.C6H7.C6H12.C3H8.C3H6/c1-3-4-5-7-14-11-15(12-14)10-13(2)16-8-6-9-16;1-6-4-2-3-5-6;1-4-6(3)5-2;2*1-3-2/h11-12,16H,2-10H2,1H3;2-5H,1H3;4H,5H2,1-3H3;3H2,1-2H3;3H,1H2,2H3/b;;6-4+;;.